The third kappa shape index (κ3) is 3.09. The van der Waals surface area contributed by atoms with Crippen LogP contribution in [0.15, 0.2) is 18.3 Å². The van der Waals surface area contributed by atoms with Crippen LogP contribution in [0.2, 0.25) is 0 Å². The Hall–Kier alpha value is -1.29. The van der Waals surface area contributed by atoms with Gasteiger partial charge >= 0.3 is 0 Å². The van der Waals surface area contributed by atoms with Gasteiger partial charge in [-0.15, -0.1) is 0 Å². The summed E-state index contributed by atoms with van der Waals surface area (Å²) in [4.78, 5) is 4.24. The van der Waals surface area contributed by atoms with E-state index in [2.05, 4.69) is 10.3 Å². The first-order valence-electron chi connectivity index (χ1n) is 6.27. The van der Waals surface area contributed by atoms with Gasteiger partial charge in [0.25, 0.3) is 0 Å². The second-order valence-electron chi connectivity index (χ2n) is 4.57. The van der Waals surface area contributed by atoms with E-state index in [0.717, 1.165) is 37.3 Å². The summed E-state index contributed by atoms with van der Waals surface area (Å²) in [6, 6.07) is 3.73. The molecule has 1 aliphatic carbocycles. The van der Waals surface area contributed by atoms with Crippen LogP contribution in [0.5, 0.6) is 5.75 Å². The summed E-state index contributed by atoms with van der Waals surface area (Å²) in [5.41, 5.74) is -0.568. The molecule has 0 amide bonds. The summed E-state index contributed by atoms with van der Waals surface area (Å²) in [6.07, 6.45) is 5.69. The molecule has 2 rings (SSSR count). The molecular formula is C13H20N2O2. The van der Waals surface area contributed by atoms with Gasteiger partial charge in [0.2, 0.25) is 0 Å². The maximum atomic E-state index is 10.2. The predicted octanol–water partition coefficient (Wildman–Crippen LogP) is 2.20. The van der Waals surface area contributed by atoms with Gasteiger partial charge in [0.1, 0.15) is 0 Å². The van der Waals surface area contributed by atoms with Gasteiger partial charge in [-0.3, -0.25) is 0 Å². The Balaban J connectivity index is 1.98. The Morgan fingerprint density at radius 3 is 2.94 bits per heavy atom. The SMILES string of the molecule is CCOc1cccnc1NCC1(O)CCCC1. The van der Waals surface area contributed by atoms with E-state index in [4.69, 9.17) is 4.74 Å². The Kier molecular flexibility index (Phi) is 3.84. The standard InChI is InChI=1S/C13H20N2O2/c1-2-17-11-6-5-9-14-12(11)15-10-13(16)7-3-4-8-13/h5-6,9,16H,2-4,7-8,10H2,1H3,(H,14,15). The van der Waals surface area contributed by atoms with Crippen LogP contribution >= 0.6 is 0 Å². The third-order valence-corrected chi connectivity index (χ3v) is 3.19. The maximum Gasteiger partial charge on any atom is 0.168 e. The first kappa shape index (κ1) is 12.2. The lowest BCUT2D eigenvalue weighted by Gasteiger charge is -2.23. The second-order valence-corrected chi connectivity index (χ2v) is 4.57. The fraction of sp³-hybridized carbons (Fsp3) is 0.615. The monoisotopic (exact) mass is 236 g/mol. The van der Waals surface area contributed by atoms with Crippen LogP contribution < -0.4 is 10.1 Å². The zero-order valence-corrected chi connectivity index (χ0v) is 10.3. The number of pyridine rings is 1. The van der Waals surface area contributed by atoms with E-state index in [0.29, 0.717) is 13.2 Å². The molecule has 94 valence electrons. The average Bonchev–Trinajstić information content (AvgIpc) is 2.76. The van der Waals surface area contributed by atoms with Crippen molar-refractivity contribution < 1.29 is 9.84 Å². The van der Waals surface area contributed by atoms with Gasteiger partial charge in [-0.05, 0) is 31.9 Å². The molecule has 1 heterocycles. The molecule has 1 aliphatic rings. The van der Waals surface area contributed by atoms with E-state index < -0.39 is 5.60 Å². The number of nitrogens with zero attached hydrogens (tertiary/aromatic N) is 1. The molecule has 1 aromatic heterocycles. The Morgan fingerprint density at radius 1 is 1.47 bits per heavy atom. The van der Waals surface area contributed by atoms with Crippen molar-refractivity contribution in [2.24, 2.45) is 0 Å². The van der Waals surface area contributed by atoms with Gasteiger partial charge in [-0.1, -0.05) is 12.8 Å². The lowest BCUT2D eigenvalue weighted by molar-refractivity contribution is 0.0613. The number of nitrogens with one attached hydrogen (secondary N) is 1. The highest BCUT2D eigenvalue weighted by Gasteiger charge is 2.30. The number of aromatic nitrogens is 1. The van der Waals surface area contributed by atoms with Crippen LogP contribution in [0.1, 0.15) is 32.6 Å². The minimum absolute atomic E-state index is 0.546. The van der Waals surface area contributed by atoms with Crippen LogP contribution in [0, 0.1) is 0 Å². The van der Waals surface area contributed by atoms with Gasteiger partial charge in [-0.2, -0.15) is 0 Å². The number of rotatable bonds is 5. The first-order chi connectivity index (χ1) is 8.23. The quantitative estimate of drug-likeness (QED) is 0.823. The van der Waals surface area contributed by atoms with Gasteiger partial charge in [-0.25, -0.2) is 4.98 Å². The Morgan fingerprint density at radius 2 is 2.24 bits per heavy atom. The molecule has 1 fully saturated rings. The van der Waals surface area contributed by atoms with E-state index in [1.54, 1.807) is 6.20 Å². The van der Waals surface area contributed by atoms with Gasteiger partial charge < -0.3 is 15.2 Å². The summed E-state index contributed by atoms with van der Waals surface area (Å²) in [5, 5.41) is 13.4. The van der Waals surface area contributed by atoms with Crippen LogP contribution in [-0.4, -0.2) is 28.8 Å². The van der Waals surface area contributed by atoms with E-state index in [1.165, 1.54) is 0 Å². The Bertz CT molecular complexity index is 362. The van der Waals surface area contributed by atoms with Crippen molar-refractivity contribution in [1.29, 1.82) is 0 Å². The highest BCUT2D eigenvalue weighted by molar-refractivity contribution is 5.49. The molecule has 0 bridgehead atoms. The average molecular weight is 236 g/mol. The predicted molar refractivity (Wildman–Crippen MR) is 67.3 cm³/mol. The van der Waals surface area contributed by atoms with Crippen molar-refractivity contribution >= 4 is 5.82 Å². The van der Waals surface area contributed by atoms with E-state index >= 15 is 0 Å². The normalized spacial score (nSPS) is 18.0. The van der Waals surface area contributed by atoms with Crippen LogP contribution in [0.4, 0.5) is 5.82 Å². The van der Waals surface area contributed by atoms with Crippen LogP contribution in [0.3, 0.4) is 0 Å². The molecule has 17 heavy (non-hydrogen) atoms. The first-order valence-corrected chi connectivity index (χ1v) is 6.27. The molecule has 4 nitrogen and oxygen atoms in total. The number of hydrogen-bond acceptors (Lipinski definition) is 4. The minimum atomic E-state index is -0.568. The smallest absolute Gasteiger partial charge is 0.168 e. The number of anilines is 1. The molecule has 1 saturated carbocycles. The zero-order valence-electron chi connectivity index (χ0n) is 10.3. The number of aliphatic hydroxyl groups is 1. The molecule has 0 atom stereocenters. The third-order valence-electron chi connectivity index (χ3n) is 3.19. The number of hydrogen-bond donors (Lipinski definition) is 2. The van der Waals surface area contributed by atoms with Crippen molar-refractivity contribution in [3.63, 3.8) is 0 Å². The molecule has 1 aromatic rings. The van der Waals surface area contributed by atoms with E-state index in [-0.39, 0.29) is 0 Å². The minimum Gasteiger partial charge on any atom is -0.490 e. The van der Waals surface area contributed by atoms with E-state index in [1.807, 2.05) is 19.1 Å². The fourth-order valence-electron chi connectivity index (χ4n) is 2.25. The van der Waals surface area contributed by atoms with Crippen molar-refractivity contribution in [1.82, 2.24) is 4.98 Å². The molecule has 4 heteroatoms. The van der Waals surface area contributed by atoms with Crippen molar-refractivity contribution in [3.05, 3.63) is 18.3 Å². The summed E-state index contributed by atoms with van der Waals surface area (Å²) in [7, 11) is 0. The molecule has 0 aliphatic heterocycles. The van der Waals surface area contributed by atoms with E-state index in [9.17, 15) is 5.11 Å². The van der Waals surface area contributed by atoms with Crippen LogP contribution in [-0.2, 0) is 0 Å². The van der Waals surface area contributed by atoms with Crippen molar-refractivity contribution in [3.8, 4) is 5.75 Å². The summed E-state index contributed by atoms with van der Waals surface area (Å²) >= 11 is 0. The van der Waals surface area contributed by atoms with Gasteiger partial charge in [0.15, 0.2) is 11.6 Å². The van der Waals surface area contributed by atoms with Gasteiger partial charge in [0.05, 0.1) is 12.2 Å². The molecule has 0 spiro atoms. The molecule has 0 unspecified atom stereocenters. The fourth-order valence-corrected chi connectivity index (χ4v) is 2.25. The largest absolute Gasteiger partial charge is 0.490 e. The molecule has 0 saturated heterocycles. The second kappa shape index (κ2) is 5.36. The lowest BCUT2D eigenvalue weighted by atomic mass is 10.0. The van der Waals surface area contributed by atoms with Crippen LogP contribution in [0.25, 0.3) is 0 Å². The zero-order chi connectivity index (χ0) is 12.1. The Labute approximate surface area is 102 Å². The van der Waals surface area contributed by atoms with Gasteiger partial charge in [0, 0.05) is 12.7 Å². The van der Waals surface area contributed by atoms with Crippen molar-refractivity contribution in [2.45, 2.75) is 38.2 Å². The summed E-state index contributed by atoms with van der Waals surface area (Å²) < 4.78 is 5.48. The highest BCUT2D eigenvalue weighted by atomic mass is 16.5. The van der Waals surface area contributed by atoms with Crippen molar-refractivity contribution in [2.75, 3.05) is 18.5 Å². The summed E-state index contributed by atoms with van der Waals surface area (Å²) in [5.74, 6) is 1.46. The molecule has 0 aromatic carbocycles. The highest BCUT2D eigenvalue weighted by Crippen LogP contribution is 2.30. The topological polar surface area (TPSA) is 54.4 Å². The number of ether oxygens (including phenoxy) is 1. The lowest BCUT2D eigenvalue weighted by Crippen LogP contribution is -2.33. The summed E-state index contributed by atoms with van der Waals surface area (Å²) in [6.45, 7) is 3.11. The molecule has 0 radical (unpaired) electrons. The maximum absolute atomic E-state index is 10.2. The molecule has 2 N–H and O–H groups in total. The molecular weight excluding hydrogens is 216 g/mol.